The molecule has 0 aliphatic carbocycles. The molecule has 2 aromatic heterocycles. The fraction of sp³-hybridized carbons (Fsp3) is 0.222. The fourth-order valence-electron chi connectivity index (χ4n) is 1.15. The lowest BCUT2D eigenvalue weighted by atomic mass is 10.2. The smallest absolute Gasteiger partial charge is 0.187 e. The molecule has 0 saturated carbocycles. The summed E-state index contributed by atoms with van der Waals surface area (Å²) in [7, 11) is 1.89. The minimum absolute atomic E-state index is 0.784. The molecule has 0 aromatic carbocycles. The lowest BCUT2D eigenvalue weighted by Gasteiger charge is -1.97. The van der Waals surface area contributed by atoms with E-state index in [1.807, 2.05) is 25.6 Å². The minimum Gasteiger partial charge on any atom is -0.275 e. The van der Waals surface area contributed by atoms with E-state index >= 15 is 0 Å². The van der Waals surface area contributed by atoms with Crippen molar-refractivity contribution in [2.75, 3.05) is 6.26 Å². The van der Waals surface area contributed by atoms with Gasteiger partial charge in [0.05, 0.1) is 11.9 Å². The maximum Gasteiger partial charge on any atom is 0.187 e. The van der Waals surface area contributed by atoms with Crippen LogP contribution >= 0.6 is 11.8 Å². The Balaban J connectivity index is 2.41. The topological polar surface area (TPSA) is 43.6 Å². The van der Waals surface area contributed by atoms with Crippen LogP contribution in [-0.4, -0.2) is 26.0 Å². The quantitative estimate of drug-likeness (QED) is 0.553. The van der Waals surface area contributed by atoms with Gasteiger partial charge in [-0.3, -0.25) is 4.68 Å². The van der Waals surface area contributed by atoms with Gasteiger partial charge in [-0.1, -0.05) is 11.8 Å². The standard InChI is InChI=1S/C9H10N4S/c1-13-6-7(5-11-13)8-3-4-10-9(12-8)14-2/h3-6H,1-2H3. The van der Waals surface area contributed by atoms with Gasteiger partial charge < -0.3 is 0 Å². The number of rotatable bonds is 2. The van der Waals surface area contributed by atoms with E-state index in [2.05, 4.69) is 15.1 Å². The van der Waals surface area contributed by atoms with E-state index in [0.717, 1.165) is 16.4 Å². The molecule has 0 radical (unpaired) electrons. The Hall–Kier alpha value is -1.36. The van der Waals surface area contributed by atoms with Crippen molar-refractivity contribution < 1.29 is 0 Å². The minimum atomic E-state index is 0.784. The van der Waals surface area contributed by atoms with Gasteiger partial charge in [-0.2, -0.15) is 5.10 Å². The van der Waals surface area contributed by atoms with E-state index in [0.29, 0.717) is 0 Å². The highest BCUT2D eigenvalue weighted by molar-refractivity contribution is 7.98. The highest BCUT2D eigenvalue weighted by Crippen LogP contribution is 2.17. The zero-order valence-electron chi connectivity index (χ0n) is 8.01. The lowest BCUT2D eigenvalue weighted by molar-refractivity contribution is 0.768. The van der Waals surface area contributed by atoms with Gasteiger partial charge >= 0.3 is 0 Å². The van der Waals surface area contributed by atoms with Crippen LogP contribution in [0.25, 0.3) is 11.3 Å². The highest BCUT2D eigenvalue weighted by Gasteiger charge is 2.02. The van der Waals surface area contributed by atoms with Crippen LogP contribution in [0.15, 0.2) is 29.8 Å². The summed E-state index contributed by atoms with van der Waals surface area (Å²) in [5, 5.41) is 4.88. The van der Waals surface area contributed by atoms with Crippen molar-refractivity contribution in [3.05, 3.63) is 24.7 Å². The van der Waals surface area contributed by atoms with E-state index in [1.54, 1.807) is 17.1 Å². The summed E-state index contributed by atoms with van der Waals surface area (Å²) in [6.07, 6.45) is 7.46. The summed E-state index contributed by atoms with van der Waals surface area (Å²) in [6.45, 7) is 0. The number of aryl methyl sites for hydroxylation is 1. The first-order chi connectivity index (χ1) is 6.79. The normalized spacial score (nSPS) is 10.4. The van der Waals surface area contributed by atoms with E-state index in [9.17, 15) is 0 Å². The molecule has 0 saturated heterocycles. The Morgan fingerprint density at radius 1 is 1.43 bits per heavy atom. The van der Waals surface area contributed by atoms with Crippen LogP contribution in [0.4, 0.5) is 0 Å². The van der Waals surface area contributed by atoms with Gasteiger partial charge in [0.15, 0.2) is 5.16 Å². The molecule has 2 aromatic rings. The fourth-order valence-corrected chi connectivity index (χ4v) is 1.51. The molecule has 0 N–H and O–H groups in total. The Bertz CT molecular complexity index is 438. The van der Waals surface area contributed by atoms with E-state index in [-0.39, 0.29) is 0 Å². The molecule has 0 amide bonds. The van der Waals surface area contributed by atoms with Crippen molar-refractivity contribution >= 4 is 11.8 Å². The van der Waals surface area contributed by atoms with Crippen molar-refractivity contribution in [1.82, 2.24) is 19.7 Å². The molecule has 5 heteroatoms. The van der Waals surface area contributed by atoms with Gasteiger partial charge in [0, 0.05) is 25.0 Å². The zero-order chi connectivity index (χ0) is 9.97. The molecule has 72 valence electrons. The van der Waals surface area contributed by atoms with Crippen LogP contribution in [0, 0.1) is 0 Å². The summed E-state index contributed by atoms with van der Waals surface area (Å²) in [6, 6.07) is 1.89. The maximum absolute atomic E-state index is 4.37. The molecule has 4 nitrogen and oxygen atoms in total. The molecule has 0 aliphatic rings. The van der Waals surface area contributed by atoms with Crippen molar-refractivity contribution in [2.24, 2.45) is 7.05 Å². The highest BCUT2D eigenvalue weighted by atomic mass is 32.2. The summed E-state index contributed by atoms with van der Waals surface area (Å²) in [5.74, 6) is 0. The number of nitrogens with zero attached hydrogens (tertiary/aromatic N) is 4. The molecule has 0 aliphatic heterocycles. The average Bonchev–Trinajstić information content (AvgIpc) is 2.65. The van der Waals surface area contributed by atoms with Gasteiger partial charge in [-0.05, 0) is 12.3 Å². The second-order valence-electron chi connectivity index (χ2n) is 2.83. The van der Waals surface area contributed by atoms with Gasteiger partial charge in [0.25, 0.3) is 0 Å². The Morgan fingerprint density at radius 3 is 2.93 bits per heavy atom. The first-order valence-corrected chi connectivity index (χ1v) is 5.38. The van der Waals surface area contributed by atoms with Crippen LogP contribution in [0.2, 0.25) is 0 Å². The first kappa shape index (κ1) is 9.21. The molecule has 0 fully saturated rings. The van der Waals surface area contributed by atoms with Crippen molar-refractivity contribution in [2.45, 2.75) is 5.16 Å². The summed E-state index contributed by atoms with van der Waals surface area (Å²) in [4.78, 5) is 8.49. The number of hydrogen-bond acceptors (Lipinski definition) is 4. The largest absolute Gasteiger partial charge is 0.275 e. The molecule has 0 atom stereocenters. The molecular formula is C9H10N4S. The number of aromatic nitrogens is 4. The summed E-state index contributed by atoms with van der Waals surface area (Å²) in [5.41, 5.74) is 1.93. The van der Waals surface area contributed by atoms with E-state index in [4.69, 9.17) is 0 Å². The van der Waals surface area contributed by atoms with Gasteiger partial charge in [-0.25, -0.2) is 9.97 Å². The monoisotopic (exact) mass is 206 g/mol. The zero-order valence-corrected chi connectivity index (χ0v) is 8.82. The number of thioether (sulfide) groups is 1. The predicted octanol–water partition coefficient (Wildman–Crippen LogP) is 1.60. The van der Waals surface area contributed by atoms with E-state index in [1.165, 1.54) is 11.8 Å². The van der Waals surface area contributed by atoms with Crippen molar-refractivity contribution in [3.8, 4) is 11.3 Å². The van der Waals surface area contributed by atoms with Crippen molar-refractivity contribution in [1.29, 1.82) is 0 Å². The van der Waals surface area contributed by atoms with E-state index < -0.39 is 0 Å². The van der Waals surface area contributed by atoms with Crippen LogP contribution in [0.1, 0.15) is 0 Å². The summed E-state index contributed by atoms with van der Waals surface area (Å²) >= 11 is 1.53. The van der Waals surface area contributed by atoms with Crippen LogP contribution in [0.3, 0.4) is 0 Å². The third kappa shape index (κ3) is 1.77. The van der Waals surface area contributed by atoms with Gasteiger partial charge in [0.2, 0.25) is 0 Å². The second kappa shape index (κ2) is 3.79. The molecule has 2 heterocycles. The van der Waals surface area contributed by atoms with Gasteiger partial charge in [-0.15, -0.1) is 0 Å². The second-order valence-corrected chi connectivity index (χ2v) is 3.60. The van der Waals surface area contributed by atoms with Crippen LogP contribution < -0.4 is 0 Å². The Kier molecular flexibility index (Phi) is 2.49. The third-order valence-electron chi connectivity index (χ3n) is 1.82. The maximum atomic E-state index is 4.37. The summed E-state index contributed by atoms with van der Waals surface area (Å²) < 4.78 is 1.76. The predicted molar refractivity (Wildman–Crippen MR) is 56.0 cm³/mol. The molecule has 0 bridgehead atoms. The number of hydrogen-bond donors (Lipinski definition) is 0. The molecule has 2 rings (SSSR count). The SMILES string of the molecule is CSc1nccc(-c2cnn(C)c2)n1. The first-order valence-electron chi connectivity index (χ1n) is 4.15. The molecule has 14 heavy (non-hydrogen) atoms. The van der Waals surface area contributed by atoms with Crippen LogP contribution in [-0.2, 0) is 7.05 Å². The Labute approximate surface area is 86.4 Å². The Morgan fingerprint density at radius 2 is 2.29 bits per heavy atom. The molecule has 0 spiro atoms. The third-order valence-corrected chi connectivity index (χ3v) is 2.38. The average molecular weight is 206 g/mol. The van der Waals surface area contributed by atoms with Crippen molar-refractivity contribution in [3.63, 3.8) is 0 Å². The van der Waals surface area contributed by atoms with Crippen LogP contribution in [0.5, 0.6) is 0 Å². The molecular weight excluding hydrogens is 196 g/mol. The molecule has 0 unspecified atom stereocenters. The van der Waals surface area contributed by atoms with Gasteiger partial charge in [0.1, 0.15) is 0 Å². The lowest BCUT2D eigenvalue weighted by Crippen LogP contribution is -1.88.